The highest BCUT2D eigenvalue weighted by Gasteiger charge is 2.21. The van der Waals surface area contributed by atoms with Gasteiger partial charge in [-0.25, -0.2) is 5.84 Å². The Balaban J connectivity index is 2.32. The molecule has 0 aromatic carbocycles. The fraction of sp³-hybridized carbons (Fsp3) is 0.800. The number of hydrazine groups is 1. The second kappa shape index (κ2) is 3.08. The molecular weight excluding hydrogens is 136 g/mol. The zero-order valence-electron chi connectivity index (χ0n) is 5.09. The molecule has 1 unspecified atom stereocenters. The Labute approximate surface area is 58.3 Å². The molecule has 1 amide bonds. The van der Waals surface area contributed by atoms with Crippen molar-refractivity contribution in [1.29, 1.82) is 0 Å². The van der Waals surface area contributed by atoms with Crippen molar-refractivity contribution in [2.45, 2.75) is 6.42 Å². The lowest BCUT2D eigenvalue weighted by molar-refractivity contribution is -0.124. The summed E-state index contributed by atoms with van der Waals surface area (Å²) in [7, 11) is 0. The van der Waals surface area contributed by atoms with E-state index in [0.29, 0.717) is 0 Å². The Morgan fingerprint density at radius 3 is 3.00 bits per heavy atom. The van der Waals surface area contributed by atoms with Gasteiger partial charge in [-0.2, -0.15) is 11.8 Å². The Bertz CT molecular complexity index is 112. The molecule has 0 saturated carbocycles. The molecule has 1 saturated heterocycles. The molecule has 0 radical (unpaired) electrons. The molecule has 3 N–H and O–H groups in total. The van der Waals surface area contributed by atoms with Crippen molar-refractivity contribution in [2.75, 3.05) is 11.5 Å². The normalized spacial score (nSPS) is 26.1. The van der Waals surface area contributed by atoms with Crippen LogP contribution in [0.5, 0.6) is 0 Å². The molecule has 1 atom stereocenters. The summed E-state index contributed by atoms with van der Waals surface area (Å²) < 4.78 is 0. The van der Waals surface area contributed by atoms with E-state index >= 15 is 0 Å². The van der Waals surface area contributed by atoms with Crippen LogP contribution in [0, 0.1) is 5.92 Å². The number of hydrogen-bond donors (Lipinski definition) is 2. The van der Waals surface area contributed by atoms with E-state index in [1.807, 2.05) is 11.8 Å². The summed E-state index contributed by atoms with van der Waals surface area (Å²) >= 11 is 1.81. The molecule has 9 heavy (non-hydrogen) atoms. The van der Waals surface area contributed by atoms with Crippen molar-refractivity contribution in [2.24, 2.45) is 11.8 Å². The van der Waals surface area contributed by atoms with Crippen molar-refractivity contribution >= 4 is 17.7 Å². The van der Waals surface area contributed by atoms with Gasteiger partial charge in [-0.3, -0.25) is 10.2 Å². The largest absolute Gasteiger partial charge is 0.294 e. The summed E-state index contributed by atoms with van der Waals surface area (Å²) in [6, 6.07) is 0. The Morgan fingerprint density at radius 2 is 2.56 bits per heavy atom. The average Bonchev–Trinajstić information content (AvgIpc) is 2.37. The van der Waals surface area contributed by atoms with Crippen LogP contribution < -0.4 is 11.3 Å². The smallest absolute Gasteiger partial charge is 0.237 e. The number of nitrogens with two attached hydrogens (primary N) is 1. The van der Waals surface area contributed by atoms with E-state index in [0.717, 1.165) is 17.9 Å². The quantitative estimate of drug-likeness (QED) is 0.304. The van der Waals surface area contributed by atoms with E-state index in [9.17, 15) is 4.79 Å². The minimum atomic E-state index is -0.0139. The van der Waals surface area contributed by atoms with Crippen molar-refractivity contribution < 1.29 is 4.79 Å². The van der Waals surface area contributed by atoms with Gasteiger partial charge in [0.25, 0.3) is 0 Å². The highest BCUT2D eigenvalue weighted by molar-refractivity contribution is 7.99. The minimum Gasteiger partial charge on any atom is -0.294 e. The molecule has 0 aliphatic carbocycles. The summed E-state index contributed by atoms with van der Waals surface area (Å²) in [6.07, 6.45) is 0.980. The van der Waals surface area contributed by atoms with Gasteiger partial charge >= 0.3 is 0 Å². The lowest BCUT2D eigenvalue weighted by Crippen LogP contribution is -2.35. The van der Waals surface area contributed by atoms with E-state index in [4.69, 9.17) is 5.84 Å². The molecule has 1 aliphatic rings. The Kier molecular flexibility index (Phi) is 2.36. The molecule has 1 rings (SSSR count). The molecular formula is C5H10N2OS. The second-order valence-corrected chi connectivity index (χ2v) is 3.22. The highest BCUT2D eigenvalue weighted by atomic mass is 32.2. The molecule has 0 spiro atoms. The van der Waals surface area contributed by atoms with Gasteiger partial charge in [0.2, 0.25) is 5.91 Å². The number of amides is 1. The molecule has 4 heteroatoms. The molecule has 1 fully saturated rings. The Morgan fingerprint density at radius 1 is 1.78 bits per heavy atom. The third-order valence-electron chi connectivity index (χ3n) is 1.44. The van der Waals surface area contributed by atoms with Crippen molar-refractivity contribution in [3.05, 3.63) is 0 Å². The zero-order chi connectivity index (χ0) is 6.69. The van der Waals surface area contributed by atoms with Crippen LogP contribution in [0.1, 0.15) is 6.42 Å². The van der Waals surface area contributed by atoms with Crippen molar-refractivity contribution in [1.82, 2.24) is 5.43 Å². The van der Waals surface area contributed by atoms with Crippen LogP contribution in [0.15, 0.2) is 0 Å². The second-order valence-electron chi connectivity index (χ2n) is 2.07. The summed E-state index contributed by atoms with van der Waals surface area (Å²) in [4.78, 5) is 10.8. The van der Waals surface area contributed by atoms with Crippen LogP contribution in [0.4, 0.5) is 0 Å². The predicted octanol–water partition coefficient (Wildman–Crippen LogP) is -0.271. The van der Waals surface area contributed by atoms with Gasteiger partial charge < -0.3 is 0 Å². The van der Waals surface area contributed by atoms with E-state index < -0.39 is 0 Å². The lowest BCUT2D eigenvalue weighted by atomic mass is 10.1. The Hall–Kier alpha value is -0.220. The fourth-order valence-electron chi connectivity index (χ4n) is 0.859. The average molecular weight is 146 g/mol. The first-order valence-electron chi connectivity index (χ1n) is 2.93. The van der Waals surface area contributed by atoms with Crippen molar-refractivity contribution in [3.63, 3.8) is 0 Å². The monoisotopic (exact) mass is 146 g/mol. The van der Waals surface area contributed by atoms with Gasteiger partial charge in [0.15, 0.2) is 0 Å². The van der Waals surface area contributed by atoms with E-state index in [1.54, 1.807) is 0 Å². The third-order valence-corrected chi connectivity index (χ3v) is 2.61. The molecule has 0 aromatic rings. The van der Waals surface area contributed by atoms with Gasteiger partial charge in [0.1, 0.15) is 0 Å². The SMILES string of the molecule is NNC(=O)C1CCSC1. The topological polar surface area (TPSA) is 55.1 Å². The van der Waals surface area contributed by atoms with Gasteiger partial charge in [-0.1, -0.05) is 0 Å². The van der Waals surface area contributed by atoms with Crippen LogP contribution in [-0.2, 0) is 4.79 Å². The summed E-state index contributed by atoms with van der Waals surface area (Å²) in [5.74, 6) is 7.12. The number of carbonyl (C=O) groups is 1. The van der Waals surface area contributed by atoms with Crippen molar-refractivity contribution in [3.8, 4) is 0 Å². The number of rotatable bonds is 1. The van der Waals surface area contributed by atoms with Gasteiger partial charge in [-0.15, -0.1) is 0 Å². The van der Waals surface area contributed by atoms with Crippen LogP contribution >= 0.6 is 11.8 Å². The van der Waals surface area contributed by atoms with Crippen LogP contribution in [0.25, 0.3) is 0 Å². The maximum absolute atomic E-state index is 10.8. The van der Waals surface area contributed by atoms with Crippen LogP contribution in [0.2, 0.25) is 0 Å². The predicted molar refractivity (Wildman–Crippen MR) is 37.8 cm³/mol. The molecule has 52 valence electrons. The third kappa shape index (κ3) is 1.59. The number of hydrogen-bond acceptors (Lipinski definition) is 3. The van der Waals surface area contributed by atoms with E-state index in [-0.39, 0.29) is 11.8 Å². The molecule has 0 bridgehead atoms. The van der Waals surface area contributed by atoms with Crippen LogP contribution in [0.3, 0.4) is 0 Å². The number of thioether (sulfide) groups is 1. The maximum Gasteiger partial charge on any atom is 0.237 e. The summed E-state index contributed by atoms with van der Waals surface area (Å²) in [6.45, 7) is 0. The molecule has 1 aliphatic heterocycles. The summed E-state index contributed by atoms with van der Waals surface area (Å²) in [5.41, 5.74) is 2.15. The highest BCUT2D eigenvalue weighted by Crippen LogP contribution is 2.22. The fourth-order valence-corrected chi connectivity index (χ4v) is 2.08. The molecule has 0 aromatic heterocycles. The van der Waals surface area contributed by atoms with Gasteiger partial charge in [-0.05, 0) is 12.2 Å². The first-order chi connectivity index (χ1) is 4.34. The standard InChI is InChI=1S/C5H10N2OS/c6-7-5(8)4-1-2-9-3-4/h4H,1-3,6H2,(H,7,8). The van der Waals surface area contributed by atoms with Gasteiger partial charge in [0.05, 0.1) is 0 Å². The first kappa shape index (κ1) is 6.89. The summed E-state index contributed by atoms with van der Waals surface area (Å²) in [5, 5.41) is 0. The molecule has 1 heterocycles. The maximum atomic E-state index is 10.8. The van der Waals surface area contributed by atoms with Crippen LogP contribution in [-0.4, -0.2) is 17.4 Å². The van der Waals surface area contributed by atoms with E-state index in [1.165, 1.54) is 0 Å². The number of nitrogens with one attached hydrogen (secondary N) is 1. The zero-order valence-corrected chi connectivity index (χ0v) is 5.91. The minimum absolute atomic E-state index is 0.0139. The number of carbonyl (C=O) groups excluding carboxylic acids is 1. The lowest BCUT2D eigenvalue weighted by Gasteiger charge is -2.03. The van der Waals surface area contributed by atoms with Gasteiger partial charge in [0, 0.05) is 11.7 Å². The van der Waals surface area contributed by atoms with E-state index in [2.05, 4.69) is 5.43 Å². The first-order valence-corrected chi connectivity index (χ1v) is 4.08. The molecule has 3 nitrogen and oxygen atoms in total.